The molecule has 1 saturated heterocycles. The van der Waals surface area contributed by atoms with Gasteiger partial charge in [0.05, 0.1) is 19.3 Å². The molecule has 7 nitrogen and oxygen atoms in total. The van der Waals surface area contributed by atoms with E-state index < -0.39 is 0 Å². The van der Waals surface area contributed by atoms with Crippen LogP contribution in [0.3, 0.4) is 0 Å². The molecule has 0 N–H and O–H groups in total. The zero-order valence-corrected chi connectivity index (χ0v) is 14.1. The smallest absolute Gasteiger partial charge is 0.213 e. The summed E-state index contributed by atoms with van der Waals surface area (Å²) in [4.78, 5) is 9.35. The summed E-state index contributed by atoms with van der Waals surface area (Å²) >= 11 is 0. The topological polar surface area (TPSA) is 59.3 Å². The lowest BCUT2D eigenvalue weighted by Gasteiger charge is -2.34. The molecular weight excluding hydrogens is 292 g/mol. The van der Waals surface area contributed by atoms with Gasteiger partial charge in [-0.15, -0.1) is 10.2 Å². The van der Waals surface area contributed by atoms with Crippen LogP contribution in [-0.2, 0) is 20.1 Å². The van der Waals surface area contributed by atoms with Crippen molar-refractivity contribution in [3.63, 3.8) is 0 Å². The molecule has 7 heteroatoms. The van der Waals surface area contributed by atoms with E-state index in [2.05, 4.69) is 35.6 Å². The number of ether oxygens (including phenoxy) is 1. The Balaban J connectivity index is 1.51. The molecule has 0 aliphatic carbocycles. The van der Waals surface area contributed by atoms with E-state index in [1.165, 1.54) is 0 Å². The number of rotatable bonds is 5. The molecule has 0 atom stereocenters. The van der Waals surface area contributed by atoms with Crippen LogP contribution < -0.4 is 4.74 Å². The van der Waals surface area contributed by atoms with Gasteiger partial charge in [0.15, 0.2) is 0 Å². The average Bonchev–Trinajstić information content (AvgIpc) is 2.89. The van der Waals surface area contributed by atoms with Crippen LogP contribution in [0.25, 0.3) is 0 Å². The minimum atomic E-state index is 0.679. The Morgan fingerprint density at radius 3 is 2.35 bits per heavy atom. The van der Waals surface area contributed by atoms with Gasteiger partial charge < -0.3 is 9.30 Å². The van der Waals surface area contributed by atoms with Gasteiger partial charge in [-0.2, -0.15) is 0 Å². The molecule has 0 radical (unpaired) electrons. The highest BCUT2D eigenvalue weighted by Gasteiger charge is 2.19. The van der Waals surface area contributed by atoms with Crippen molar-refractivity contribution in [1.29, 1.82) is 0 Å². The van der Waals surface area contributed by atoms with E-state index in [1.54, 1.807) is 7.11 Å². The third-order valence-corrected chi connectivity index (χ3v) is 4.39. The Morgan fingerprint density at radius 1 is 1.04 bits per heavy atom. The molecule has 0 spiro atoms. The van der Waals surface area contributed by atoms with Crippen molar-refractivity contribution >= 4 is 0 Å². The third-order valence-electron chi connectivity index (χ3n) is 4.39. The zero-order valence-electron chi connectivity index (χ0n) is 14.1. The van der Waals surface area contributed by atoms with E-state index in [-0.39, 0.29) is 0 Å². The molecule has 1 aliphatic rings. The van der Waals surface area contributed by atoms with Crippen molar-refractivity contribution in [2.45, 2.75) is 20.0 Å². The summed E-state index contributed by atoms with van der Waals surface area (Å²) < 4.78 is 7.25. The van der Waals surface area contributed by atoms with Crippen LogP contribution in [-0.4, -0.2) is 62.8 Å². The fourth-order valence-corrected chi connectivity index (χ4v) is 2.78. The SMILES string of the molecule is COc1cccc(CN2CCN(Cc3nnc(C)n3C)CC2)n1. The molecule has 0 amide bonds. The molecule has 0 unspecified atom stereocenters. The summed E-state index contributed by atoms with van der Waals surface area (Å²) in [6.45, 7) is 7.86. The van der Waals surface area contributed by atoms with Crippen molar-refractivity contribution in [1.82, 2.24) is 29.5 Å². The first-order valence-corrected chi connectivity index (χ1v) is 7.95. The molecule has 1 fully saturated rings. The van der Waals surface area contributed by atoms with Gasteiger partial charge in [-0.25, -0.2) is 4.98 Å². The Hall–Kier alpha value is -1.99. The number of nitrogens with zero attached hydrogens (tertiary/aromatic N) is 6. The van der Waals surface area contributed by atoms with Crippen molar-refractivity contribution in [3.8, 4) is 5.88 Å². The highest BCUT2D eigenvalue weighted by Crippen LogP contribution is 2.12. The summed E-state index contributed by atoms with van der Waals surface area (Å²) in [5.74, 6) is 2.67. The monoisotopic (exact) mass is 316 g/mol. The van der Waals surface area contributed by atoms with Crippen LogP contribution in [0.15, 0.2) is 18.2 Å². The predicted octanol–water partition coefficient (Wildman–Crippen LogP) is 0.845. The van der Waals surface area contributed by atoms with Gasteiger partial charge >= 0.3 is 0 Å². The zero-order chi connectivity index (χ0) is 16.2. The minimum Gasteiger partial charge on any atom is -0.481 e. The van der Waals surface area contributed by atoms with Crippen molar-refractivity contribution in [2.75, 3.05) is 33.3 Å². The maximum atomic E-state index is 5.19. The van der Waals surface area contributed by atoms with Crippen LogP contribution in [0.5, 0.6) is 5.88 Å². The fraction of sp³-hybridized carbons (Fsp3) is 0.562. The highest BCUT2D eigenvalue weighted by atomic mass is 16.5. The van der Waals surface area contributed by atoms with Crippen LogP contribution in [0.2, 0.25) is 0 Å². The molecule has 23 heavy (non-hydrogen) atoms. The van der Waals surface area contributed by atoms with E-state index in [9.17, 15) is 0 Å². The van der Waals surface area contributed by atoms with E-state index in [4.69, 9.17) is 4.74 Å². The van der Waals surface area contributed by atoms with Gasteiger partial charge in [-0.1, -0.05) is 6.07 Å². The normalized spacial score (nSPS) is 16.7. The molecule has 0 saturated carbocycles. The lowest BCUT2D eigenvalue weighted by Crippen LogP contribution is -2.45. The maximum absolute atomic E-state index is 5.19. The molecule has 2 aromatic rings. The fourth-order valence-electron chi connectivity index (χ4n) is 2.78. The Labute approximate surface area is 136 Å². The standard InChI is InChI=1S/C16H24N6O/c1-13-18-19-15(20(13)2)12-22-9-7-21(8-10-22)11-14-5-4-6-16(17-14)23-3/h4-6H,7-12H2,1-3H3. The van der Waals surface area contributed by atoms with Crippen LogP contribution in [0, 0.1) is 6.92 Å². The molecule has 0 bridgehead atoms. The summed E-state index contributed by atoms with van der Waals surface area (Å²) in [5, 5.41) is 8.37. The summed E-state index contributed by atoms with van der Waals surface area (Å²) in [7, 11) is 3.68. The molecule has 3 rings (SSSR count). The lowest BCUT2D eigenvalue weighted by molar-refractivity contribution is 0.118. The maximum Gasteiger partial charge on any atom is 0.213 e. The predicted molar refractivity (Wildman–Crippen MR) is 87.1 cm³/mol. The van der Waals surface area contributed by atoms with Crippen LogP contribution in [0.1, 0.15) is 17.3 Å². The van der Waals surface area contributed by atoms with Gasteiger partial charge in [0, 0.05) is 45.8 Å². The second-order valence-electron chi connectivity index (χ2n) is 5.95. The summed E-state index contributed by atoms with van der Waals surface area (Å²) in [5.41, 5.74) is 1.06. The molecular formula is C16H24N6O. The number of piperazine rings is 1. The van der Waals surface area contributed by atoms with E-state index in [1.807, 2.05) is 26.1 Å². The number of aryl methyl sites for hydroxylation is 1. The lowest BCUT2D eigenvalue weighted by atomic mass is 10.2. The second-order valence-corrected chi connectivity index (χ2v) is 5.95. The molecule has 0 aromatic carbocycles. The molecule has 1 aliphatic heterocycles. The largest absolute Gasteiger partial charge is 0.481 e. The van der Waals surface area contributed by atoms with Crippen molar-refractivity contribution in [3.05, 3.63) is 35.5 Å². The molecule has 124 valence electrons. The highest BCUT2D eigenvalue weighted by molar-refractivity contribution is 5.15. The first-order valence-electron chi connectivity index (χ1n) is 7.95. The molecule has 3 heterocycles. The quantitative estimate of drug-likeness (QED) is 0.815. The van der Waals surface area contributed by atoms with Crippen LogP contribution in [0.4, 0.5) is 0 Å². The second kappa shape index (κ2) is 7.06. The molecule has 2 aromatic heterocycles. The third kappa shape index (κ3) is 3.86. The van der Waals surface area contributed by atoms with Crippen molar-refractivity contribution < 1.29 is 4.74 Å². The number of hydrogen-bond donors (Lipinski definition) is 0. The van der Waals surface area contributed by atoms with Crippen molar-refractivity contribution in [2.24, 2.45) is 7.05 Å². The Kier molecular flexibility index (Phi) is 4.88. The Bertz CT molecular complexity index is 648. The first kappa shape index (κ1) is 15.9. The van der Waals surface area contributed by atoms with E-state index in [0.717, 1.165) is 56.6 Å². The average molecular weight is 316 g/mol. The first-order chi connectivity index (χ1) is 11.2. The minimum absolute atomic E-state index is 0.679. The van der Waals surface area contributed by atoms with Gasteiger partial charge in [-0.3, -0.25) is 9.80 Å². The van der Waals surface area contributed by atoms with Gasteiger partial charge in [-0.05, 0) is 13.0 Å². The number of pyridine rings is 1. The Morgan fingerprint density at radius 2 is 1.74 bits per heavy atom. The number of aromatic nitrogens is 4. The number of methoxy groups -OCH3 is 1. The summed E-state index contributed by atoms with van der Waals surface area (Å²) in [6.07, 6.45) is 0. The summed E-state index contributed by atoms with van der Waals surface area (Å²) in [6, 6.07) is 5.93. The van der Waals surface area contributed by atoms with Crippen LogP contribution >= 0.6 is 0 Å². The van der Waals surface area contributed by atoms with E-state index in [0.29, 0.717) is 5.88 Å². The van der Waals surface area contributed by atoms with Gasteiger partial charge in [0.1, 0.15) is 11.6 Å². The van der Waals surface area contributed by atoms with Gasteiger partial charge in [0.25, 0.3) is 0 Å². The van der Waals surface area contributed by atoms with Gasteiger partial charge in [0.2, 0.25) is 5.88 Å². The van der Waals surface area contributed by atoms with E-state index >= 15 is 0 Å². The number of hydrogen-bond acceptors (Lipinski definition) is 6.